The fraction of sp³-hybridized carbons (Fsp3) is 0.500. The molecule has 3 rings (SSSR count). The predicted molar refractivity (Wildman–Crippen MR) is 94.4 cm³/mol. The van der Waals surface area contributed by atoms with Crippen LogP contribution in [-0.2, 0) is 17.6 Å². The molecule has 1 aromatic carbocycles. The number of hydrogen-bond acceptors (Lipinski definition) is 5. The second kappa shape index (κ2) is 6.52. The Labute approximate surface area is 138 Å². The van der Waals surface area contributed by atoms with E-state index in [1.54, 1.807) is 0 Å². The van der Waals surface area contributed by atoms with Crippen LogP contribution >= 0.6 is 0 Å². The van der Waals surface area contributed by atoms with Gasteiger partial charge in [0.15, 0.2) is 0 Å². The van der Waals surface area contributed by atoms with Crippen LogP contribution in [0.4, 0.5) is 5.69 Å². The predicted octanol–water partition coefficient (Wildman–Crippen LogP) is 2.53. The summed E-state index contributed by atoms with van der Waals surface area (Å²) in [6, 6.07) is 6.80. The Hall–Kier alpha value is -2.17. The highest BCUT2D eigenvalue weighted by Gasteiger charge is 2.40. The molecular weight excluding hydrogens is 288 g/mol. The van der Waals surface area contributed by atoms with Crippen LogP contribution in [-0.4, -0.2) is 25.2 Å². The molecule has 0 amide bonds. The Morgan fingerprint density at radius 2 is 2.35 bits per heavy atom. The van der Waals surface area contributed by atoms with E-state index in [4.69, 9.17) is 10.5 Å². The minimum absolute atomic E-state index is 0.179. The Morgan fingerprint density at radius 1 is 1.48 bits per heavy atom. The monoisotopic (exact) mass is 314 g/mol. The van der Waals surface area contributed by atoms with Crippen LogP contribution in [0.2, 0.25) is 0 Å². The molecule has 1 spiro atoms. The maximum absolute atomic E-state index is 5.75. The number of unbranched alkanes of at least 4 members (excludes halogenated alkanes) is 1. The van der Waals surface area contributed by atoms with Crippen molar-refractivity contribution in [1.29, 1.82) is 0 Å². The van der Waals surface area contributed by atoms with Crippen LogP contribution in [0.3, 0.4) is 0 Å². The van der Waals surface area contributed by atoms with Gasteiger partial charge in [-0.2, -0.15) is 0 Å². The van der Waals surface area contributed by atoms with Gasteiger partial charge in [-0.1, -0.05) is 25.5 Å². The van der Waals surface area contributed by atoms with E-state index in [0.29, 0.717) is 12.6 Å². The number of amidine groups is 1. The molecule has 0 aromatic heterocycles. The molecule has 1 atom stereocenters. The van der Waals surface area contributed by atoms with Crippen LogP contribution in [0.25, 0.3) is 0 Å². The van der Waals surface area contributed by atoms with Crippen molar-refractivity contribution in [2.75, 3.05) is 19.0 Å². The van der Waals surface area contributed by atoms with Crippen LogP contribution in [0.5, 0.6) is 0 Å². The first kappa shape index (κ1) is 15.7. The molecule has 1 aliphatic carbocycles. The number of rotatable bonds is 5. The van der Waals surface area contributed by atoms with Gasteiger partial charge in [0, 0.05) is 19.2 Å². The summed E-state index contributed by atoms with van der Waals surface area (Å²) in [6.07, 6.45) is 7.27. The summed E-state index contributed by atoms with van der Waals surface area (Å²) in [7, 11) is 1.95. The first-order valence-corrected chi connectivity index (χ1v) is 8.39. The minimum atomic E-state index is -0.179. The van der Waals surface area contributed by atoms with Crippen molar-refractivity contribution in [2.45, 2.75) is 44.6 Å². The molecule has 124 valence electrons. The summed E-state index contributed by atoms with van der Waals surface area (Å²) in [5, 5.41) is 6.78. The van der Waals surface area contributed by atoms with E-state index in [0.717, 1.165) is 43.6 Å². The van der Waals surface area contributed by atoms with Crippen LogP contribution in [0.1, 0.15) is 37.3 Å². The number of allylic oxidation sites excluding steroid dienone is 1. The summed E-state index contributed by atoms with van der Waals surface area (Å²) in [5.74, 6) is 1.05. The topological polar surface area (TPSA) is 71.7 Å². The second-order valence-corrected chi connectivity index (χ2v) is 6.36. The fourth-order valence-electron chi connectivity index (χ4n) is 3.35. The molecule has 5 nitrogen and oxygen atoms in total. The van der Waals surface area contributed by atoms with Crippen molar-refractivity contribution >= 4 is 11.7 Å². The van der Waals surface area contributed by atoms with Gasteiger partial charge >= 0.3 is 0 Å². The molecule has 5 heteroatoms. The third kappa shape index (κ3) is 3.28. The van der Waals surface area contributed by atoms with Crippen LogP contribution in [0.15, 0.2) is 35.1 Å². The zero-order valence-electron chi connectivity index (χ0n) is 14.0. The van der Waals surface area contributed by atoms with Gasteiger partial charge in [0.25, 0.3) is 6.02 Å². The average Bonchev–Trinajstić information content (AvgIpc) is 2.92. The van der Waals surface area contributed by atoms with Crippen molar-refractivity contribution in [3.63, 3.8) is 0 Å². The highest BCUT2D eigenvalue weighted by molar-refractivity contribution is 5.74. The Morgan fingerprint density at radius 3 is 3.04 bits per heavy atom. The van der Waals surface area contributed by atoms with Crippen molar-refractivity contribution < 1.29 is 4.74 Å². The van der Waals surface area contributed by atoms with Gasteiger partial charge in [0.1, 0.15) is 12.1 Å². The van der Waals surface area contributed by atoms with E-state index in [2.05, 4.69) is 46.8 Å². The van der Waals surface area contributed by atoms with Gasteiger partial charge in [-0.15, -0.1) is 0 Å². The summed E-state index contributed by atoms with van der Waals surface area (Å²) >= 11 is 0. The van der Waals surface area contributed by atoms with E-state index >= 15 is 0 Å². The lowest BCUT2D eigenvalue weighted by atomic mass is 9.78. The molecule has 0 saturated heterocycles. The molecule has 0 radical (unpaired) electrons. The number of fused-ring (bicyclic) bond motifs is 1. The quantitative estimate of drug-likeness (QED) is 0.781. The van der Waals surface area contributed by atoms with Crippen LogP contribution in [0, 0.1) is 0 Å². The zero-order valence-corrected chi connectivity index (χ0v) is 14.0. The first-order valence-electron chi connectivity index (χ1n) is 8.39. The molecule has 2 aliphatic rings. The Bertz CT molecular complexity index is 638. The van der Waals surface area contributed by atoms with E-state index in [1.807, 2.05) is 7.05 Å². The third-order valence-corrected chi connectivity index (χ3v) is 4.65. The summed E-state index contributed by atoms with van der Waals surface area (Å²) in [4.78, 5) is 4.58. The van der Waals surface area contributed by atoms with Crippen molar-refractivity contribution in [3.8, 4) is 0 Å². The van der Waals surface area contributed by atoms with E-state index in [1.165, 1.54) is 11.1 Å². The molecule has 0 bridgehead atoms. The number of aliphatic imine (C=N–C) groups is 1. The normalized spacial score (nSPS) is 23.2. The standard InChI is InChI=1S/C18H26N4O/c1-3-4-8-16(20-2)21-15-7-5-6-13-9-10-18(11-14(13)15)12-23-17(19)22-18/h5-8,20-21H,3-4,9-12H2,1-2H3,(H2,19,22). The lowest BCUT2D eigenvalue weighted by Crippen LogP contribution is -2.36. The lowest BCUT2D eigenvalue weighted by molar-refractivity contribution is 0.235. The van der Waals surface area contributed by atoms with Gasteiger partial charge < -0.3 is 21.1 Å². The number of nitrogens with zero attached hydrogens (tertiary/aromatic N) is 1. The number of aryl methyl sites for hydroxylation is 1. The molecule has 4 N–H and O–H groups in total. The smallest absolute Gasteiger partial charge is 0.282 e. The van der Waals surface area contributed by atoms with Gasteiger partial charge in [-0.3, -0.25) is 0 Å². The summed E-state index contributed by atoms with van der Waals surface area (Å²) < 4.78 is 5.44. The molecule has 23 heavy (non-hydrogen) atoms. The lowest BCUT2D eigenvalue weighted by Gasteiger charge is -2.32. The Kier molecular flexibility index (Phi) is 4.46. The molecule has 1 aromatic rings. The van der Waals surface area contributed by atoms with E-state index in [-0.39, 0.29) is 5.54 Å². The molecule has 1 heterocycles. The minimum Gasteiger partial charge on any atom is -0.463 e. The third-order valence-electron chi connectivity index (χ3n) is 4.65. The zero-order chi connectivity index (χ0) is 16.3. The van der Waals surface area contributed by atoms with Crippen molar-refractivity contribution in [1.82, 2.24) is 5.32 Å². The SMILES string of the molecule is CCCC=C(NC)Nc1cccc2c1CC1(CC2)COC(N)=N1. The largest absolute Gasteiger partial charge is 0.463 e. The van der Waals surface area contributed by atoms with Gasteiger partial charge in [-0.05, 0) is 42.5 Å². The van der Waals surface area contributed by atoms with Crippen LogP contribution < -0.4 is 16.4 Å². The average molecular weight is 314 g/mol. The number of anilines is 1. The highest BCUT2D eigenvalue weighted by Crippen LogP contribution is 2.37. The highest BCUT2D eigenvalue weighted by atomic mass is 16.5. The van der Waals surface area contributed by atoms with Gasteiger partial charge in [0.05, 0.1) is 5.82 Å². The summed E-state index contributed by atoms with van der Waals surface area (Å²) in [5.41, 5.74) is 9.45. The number of hydrogen-bond donors (Lipinski definition) is 3. The van der Waals surface area contributed by atoms with Crippen molar-refractivity contribution in [3.05, 3.63) is 41.2 Å². The molecule has 1 unspecified atom stereocenters. The molecule has 0 fully saturated rings. The number of nitrogens with one attached hydrogen (secondary N) is 2. The molecule has 1 aliphatic heterocycles. The first-order chi connectivity index (χ1) is 11.2. The Balaban J connectivity index is 1.87. The fourth-order valence-corrected chi connectivity index (χ4v) is 3.35. The van der Waals surface area contributed by atoms with Gasteiger partial charge in [-0.25, -0.2) is 4.99 Å². The van der Waals surface area contributed by atoms with Gasteiger partial charge in [0.2, 0.25) is 0 Å². The number of benzene rings is 1. The maximum Gasteiger partial charge on any atom is 0.282 e. The van der Waals surface area contributed by atoms with E-state index in [9.17, 15) is 0 Å². The summed E-state index contributed by atoms with van der Waals surface area (Å²) in [6.45, 7) is 2.78. The van der Waals surface area contributed by atoms with E-state index < -0.39 is 0 Å². The van der Waals surface area contributed by atoms with Crippen molar-refractivity contribution in [2.24, 2.45) is 10.7 Å². The number of nitrogens with two attached hydrogens (primary N) is 1. The molecule has 0 saturated carbocycles. The maximum atomic E-state index is 5.75. The second-order valence-electron chi connectivity index (χ2n) is 6.36. The molecular formula is C18H26N4O. The number of ether oxygens (including phenoxy) is 1.